The largest absolute Gasteiger partial charge is 0.271 e. The fraction of sp³-hybridized carbons (Fsp3) is 0.538. The van der Waals surface area contributed by atoms with Crippen molar-refractivity contribution in [3.8, 4) is 0 Å². The third-order valence-corrected chi connectivity index (χ3v) is 3.94. The lowest BCUT2D eigenvalue weighted by Crippen LogP contribution is -2.37. The van der Waals surface area contributed by atoms with Gasteiger partial charge in [0.2, 0.25) is 0 Å². The van der Waals surface area contributed by atoms with Crippen LogP contribution in [0.3, 0.4) is 0 Å². The van der Waals surface area contributed by atoms with Gasteiger partial charge < -0.3 is 0 Å². The Morgan fingerprint density at radius 3 is 2.39 bits per heavy atom. The van der Waals surface area contributed by atoms with Crippen molar-refractivity contribution in [1.29, 1.82) is 0 Å². The SMILES string of the molecule is Cc1ccc(CC(CCCS(C)(=O)=O)NN)cc1. The molecule has 5 heteroatoms. The molecule has 0 fully saturated rings. The Bertz CT molecular complexity index is 454. The topological polar surface area (TPSA) is 72.2 Å². The first-order valence-corrected chi connectivity index (χ1v) is 8.16. The van der Waals surface area contributed by atoms with Gasteiger partial charge in [-0.2, -0.15) is 0 Å². The minimum absolute atomic E-state index is 0.120. The zero-order valence-electron chi connectivity index (χ0n) is 11.0. The van der Waals surface area contributed by atoms with Crippen LogP contribution in [0.1, 0.15) is 24.0 Å². The van der Waals surface area contributed by atoms with E-state index >= 15 is 0 Å². The van der Waals surface area contributed by atoms with Crippen molar-refractivity contribution < 1.29 is 8.42 Å². The molecule has 18 heavy (non-hydrogen) atoms. The Kier molecular flexibility index (Phi) is 5.78. The van der Waals surface area contributed by atoms with Gasteiger partial charge in [-0.1, -0.05) is 29.8 Å². The van der Waals surface area contributed by atoms with Gasteiger partial charge >= 0.3 is 0 Å². The second-order valence-corrected chi connectivity index (χ2v) is 7.09. The number of hydrogen-bond acceptors (Lipinski definition) is 4. The molecule has 1 unspecified atom stereocenters. The summed E-state index contributed by atoms with van der Waals surface area (Å²) in [4.78, 5) is 0. The number of nitrogens with two attached hydrogens (primary N) is 1. The number of aryl methyl sites for hydroxylation is 1. The van der Waals surface area contributed by atoms with Crippen molar-refractivity contribution in [2.24, 2.45) is 5.84 Å². The summed E-state index contributed by atoms with van der Waals surface area (Å²) < 4.78 is 22.1. The van der Waals surface area contributed by atoms with E-state index in [4.69, 9.17) is 5.84 Å². The lowest BCUT2D eigenvalue weighted by atomic mass is 10.0. The molecule has 0 bridgehead atoms. The van der Waals surface area contributed by atoms with Gasteiger partial charge in [0.05, 0.1) is 0 Å². The summed E-state index contributed by atoms with van der Waals surface area (Å²) in [5.41, 5.74) is 5.20. The van der Waals surface area contributed by atoms with E-state index in [1.54, 1.807) is 0 Å². The molecule has 0 aliphatic rings. The van der Waals surface area contributed by atoms with Crippen molar-refractivity contribution in [3.05, 3.63) is 35.4 Å². The molecule has 0 saturated carbocycles. The molecule has 0 spiro atoms. The number of hydrazine groups is 1. The maximum Gasteiger partial charge on any atom is 0.147 e. The molecule has 3 N–H and O–H groups in total. The molecule has 0 aliphatic heterocycles. The summed E-state index contributed by atoms with van der Waals surface area (Å²) >= 11 is 0. The van der Waals surface area contributed by atoms with E-state index in [-0.39, 0.29) is 11.8 Å². The minimum Gasteiger partial charge on any atom is -0.271 e. The fourth-order valence-corrected chi connectivity index (χ4v) is 2.54. The molecule has 0 heterocycles. The maximum absolute atomic E-state index is 11.0. The second-order valence-electron chi connectivity index (χ2n) is 4.83. The quantitative estimate of drug-likeness (QED) is 0.577. The predicted octanol–water partition coefficient (Wildman–Crippen LogP) is 1.19. The van der Waals surface area contributed by atoms with Crippen LogP contribution in [0.25, 0.3) is 0 Å². The summed E-state index contributed by atoms with van der Waals surface area (Å²) in [5.74, 6) is 5.72. The number of nitrogens with one attached hydrogen (secondary N) is 1. The van der Waals surface area contributed by atoms with Gasteiger partial charge in [0.25, 0.3) is 0 Å². The first-order valence-electron chi connectivity index (χ1n) is 6.10. The Morgan fingerprint density at radius 2 is 1.89 bits per heavy atom. The van der Waals surface area contributed by atoms with Crippen molar-refractivity contribution in [2.45, 2.75) is 32.2 Å². The first kappa shape index (κ1) is 15.1. The summed E-state index contributed by atoms with van der Waals surface area (Å²) in [5, 5.41) is 0. The molecular weight excluding hydrogens is 248 g/mol. The van der Waals surface area contributed by atoms with Crippen LogP contribution in [0, 0.1) is 6.92 Å². The van der Waals surface area contributed by atoms with Gasteiger partial charge in [-0.15, -0.1) is 0 Å². The van der Waals surface area contributed by atoms with E-state index in [2.05, 4.69) is 36.6 Å². The smallest absolute Gasteiger partial charge is 0.147 e. The lowest BCUT2D eigenvalue weighted by molar-refractivity contribution is 0.485. The first-order chi connectivity index (χ1) is 8.40. The molecule has 102 valence electrons. The zero-order valence-corrected chi connectivity index (χ0v) is 11.8. The summed E-state index contributed by atoms with van der Waals surface area (Å²) in [6.07, 6.45) is 3.48. The van der Waals surface area contributed by atoms with E-state index in [0.29, 0.717) is 6.42 Å². The lowest BCUT2D eigenvalue weighted by Gasteiger charge is -2.15. The third kappa shape index (κ3) is 6.14. The molecule has 1 rings (SSSR count). The van der Waals surface area contributed by atoms with Gasteiger partial charge in [0.15, 0.2) is 0 Å². The molecule has 1 aromatic rings. The minimum atomic E-state index is -2.88. The molecule has 0 radical (unpaired) electrons. The van der Waals surface area contributed by atoms with Crippen LogP contribution < -0.4 is 11.3 Å². The molecular formula is C13H22N2O2S. The number of sulfone groups is 1. The van der Waals surface area contributed by atoms with Crippen LogP contribution in [0.15, 0.2) is 24.3 Å². The van der Waals surface area contributed by atoms with Crippen LogP contribution in [0.5, 0.6) is 0 Å². The van der Waals surface area contributed by atoms with Gasteiger partial charge in [-0.3, -0.25) is 11.3 Å². The Hall–Kier alpha value is -0.910. The molecule has 1 aromatic carbocycles. The van der Waals surface area contributed by atoms with Gasteiger partial charge in [-0.25, -0.2) is 8.42 Å². The van der Waals surface area contributed by atoms with Crippen LogP contribution in [-0.2, 0) is 16.3 Å². The average molecular weight is 270 g/mol. The van der Waals surface area contributed by atoms with Crippen molar-refractivity contribution >= 4 is 9.84 Å². The standard InChI is InChI=1S/C13H22N2O2S/c1-11-5-7-12(8-6-11)10-13(15-14)4-3-9-18(2,16)17/h5-8,13,15H,3-4,9-10,14H2,1-2H3. The van der Waals surface area contributed by atoms with Gasteiger partial charge in [0, 0.05) is 18.1 Å². The number of rotatable bonds is 7. The highest BCUT2D eigenvalue weighted by atomic mass is 32.2. The Labute approximate surface area is 109 Å². The highest BCUT2D eigenvalue weighted by Crippen LogP contribution is 2.09. The van der Waals surface area contributed by atoms with Crippen molar-refractivity contribution in [2.75, 3.05) is 12.0 Å². The van der Waals surface area contributed by atoms with E-state index in [1.165, 1.54) is 17.4 Å². The van der Waals surface area contributed by atoms with Crippen LogP contribution in [0.4, 0.5) is 0 Å². The number of hydrogen-bond donors (Lipinski definition) is 2. The Balaban J connectivity index is 2.44. The van der Waals surface area contributed by atoms with E-state index in [0.717, 1.165) is 12.8 Å². The third-order valence-electron chi connectivity index (χ3n) is 2.91. The summed E-state index contributed by atoms with van der Waals surface area (Å²) in [7, 11) is -2.88. The molecule has 4 nitrogen and oxygen atoms in total. The number of benzene rings is 1. The van der Waals surface area contributed by atoms with E-state index in [1.807, 2.05) is 0 Å². The Morgan fingerprint density at radius 1 is 1.28 bits per heavy atom. The van der Waals surface area contributed by atoms with Crippen LogP contribution in [0.2, 0.25) is 0 Å². The maximum atomic E-state index is 11.0. The van der Waals surface area contributed by atoms with Crippen molar-refractivity contribution in [1.82, 2.24) is 5.43 Å². The second kappa shape index (κ2) is 6.87. The molecule has 0 saturated heterocycles. The zero-order chi connectivity index (χ0) is 13.6. The van der Waals surface area contributed by atoms with E-state index in [9.17, 15) is 8.42 Å². The normalized spacial score (nSPS) is 13.5. The van der Waals surface area contributed by atoms with Crippen molar-refractivity contribution in [3.63, 3.8) is 0 Å². The molecule has 0 aromatic heterocycles. The fourth-order valence-electron chi connectivity index (χ4n) is 1.84. The molecule has 0 aliphatic carbocycles. The highest BCUT2D eigenvalue weighted by molar-refractivity contribution is 7.90. The highest BCUT2D eigenvalue weighted by Gasteiger charge is 2.09. The van der Waals surface area contributed by atoms with Gasteiger partial charge in [-0.05, 0) is 31.7 Å². The molecule has 1 atom stereocenters. The van der Waals surface area contributed by atoms with E-state index < -0.39 is 9.84 Å². The monoisotopic (exact) mass is 270 g/mol. The van der Waals surface area contributed by atoms with Crippen LogP contribution in [-0.4, -0.2) is 26.5 Å². The summed E-state index contributed by atoms with van der Waals surface area (Å²) in [6, 6.07) is 8.42. The molecule has 0 amide bonds. The summed E-state index contributed by atoms with van der Waals surface area (Å²) in [6.45, 7) is 2.05. The average Bonchev–Trinajstić information content (AvgIpc) is 2.29. The predicted molar refractivity (Wildman–Crippen MR) is 74.9 cm³/mol. The van der Waals surface area contributed by atoms with Gasteiger partial charge in [0.1, 0.15) is 9.84 Å². The van der Waals surface area contributed by atoms with Crippen LogP contribution >= 0.6 is 0 Å².